The fourth-order valence-electron chi connectivity index (χ4n) is 2.85. The molecule has 1 aliphatic rings. The van der Waals surface area contributed by atoms with Crippen LogP contribution in [0.2, 0.25) is 0 Å². The molecule has 142 valence electrons. The molecule has 0 fully saturated rings. The summed E-state index contributed by atoms with van der Waals surface area (Å²) in [5, 5.41) is 12.8. The van der Waals surface area contributed by atoms with Crippen molar-refractivity contribution in [1.82, 2.24) is 20.6 Å². The van der Waals surface area contributed by atoms with Crippen LogP contribution < -0.4 is 26.0 Å². The molecule has 1 aromatic heterocycles. The number of aromatic nitrogens is 2. The fourth-order valence-corrected chi connectivity index (χ4v) is 2.85. The Balaban J connectivity index is 1.97. The molecule has 2 heterocycles. The van der Waals surface area contributed by atoms with Crippen molar-refractivity contribution in [3.8, 4) is 5.75 Å². The predicted octanol–water partition coefficient (Wildman–Crippen LogP) is 2.49. The Morgan fingerprint density at radius 3 is 2.63 bits per heavy atom. The Hall–Kier alpha value is -3.13. The SMILES string of the molecule is CNc1cc(C)nc(Nc2ccc(OC)c(C3=CC(NC)NC(C)=N3)c2)n1. The highest BCUT2D eigenvalue weighted by molar-refractivity contribution is 5.90. The number of aryl methyl sites for hydroxylation is 1. The first-order valence-corrected chi connectivity index (χ1v) is 8.72. The Morgan fingerprint density at radius 2 is 1.93 bits per heavy atom. The number of methoxy groups -OCH3 is 1. The smallest absolute Gasteiger partial charge is 0.229 e. The average Bonchev–Trinajstić information content (AvgIpc) is 2.66. The van der Waals surface area contributed by atoms with E-state index in [2.05, 4.69) is 36.2 Å². The molecule has 3 rings (SSSR count). The van der Waals surface area contributed by atoms with E-state index in [9.17, 15) is 0 Å². The van der Waals surface area contributed by atoms with Gasteiger partial charge in [0.1, 0.15) is 17.4 Å². The fraction of sp³-hybridized carbons (Fsp3) is 0.316. The van der Waals surface area contributed by atoms with E-state index >= 15 is 0 Å². The molecule has 4 N–H and O–H groups in total. The van der Waals surface area contributed by atoms with Gasteiger partial charge in [0, 0.05) is 30.1 Å². The molecule has 1 unspecified atom stereocenters. The number of hydrogen-bond donors (Lipinski definition) is 4. The summed E-state index contributed by atoms with van der Waals surface area (Å²) < 4.78 is 5.54. The van der Waals surface area contributed by atoms with Crippen molar-refractivity contribution in [1.29, 1.82) is 0 Å². The lowest BCUT2D eigenvalue weighted by atomic mass is 10.1. The second-order valence-corrected chi connectivity index (χ2v) is 6.17. The van der Waals surface area contributed by atoms with E-state index in [1.807, 2.05) is 58.3 Å². The van der Waals surface area contributed by atoms with E-state index in [1.165, 1.54) is 0 Å². The van der Waals surface area contributed by atoms with Crippen molar-refractivity contribution in [2.24, 2.45) is 4.99 Å². The van der Waals surface area contributed by atoms with Gasteiger partial charge in [-0.1, -0.05) is 0 Å². The molecule has 0 spiro atoms. The van der Waals surface area contributed by atoms with Crippen molar-refractivity contribution in [3.63, 3.8) is 0 Å². The molecule has 27 heavy (non-hydrogen) atoms. The molecule has 0 aliphatic carbocycles. The van der Waals surface area contributed by atoms with Crippen LogP contribution in [0.5, 0.6) is 5.75 Å². The van der Waals surface area contributed by atoms with Crippen molar-refractivity contribution in [2.75, 3.05) is 31.8 Å². The summed E-state index contributed by atoms with van der Waals surface area (Å²) >= 11 is 0. The van der Waals surface area contributed by atoms with Crippen LogP contribution in [0.4, 0.5) is 17.5 Å². The van der Waals surface area contributed by atoms with Gasteiger partial charge in [0.05, 0.1) is 19.0 Å². The van der Waals surface area contributed by atoms with Gasteiger partial charge in [-0.15, -0.1) is 0 Å². The minimum absolute atomic E-state index is 0.0112. The van der Waals surface area contributed by atoms with Gasteiger partial charge >= 0.3 is 0 Å². The van der Waals surface area contributed by atoms with E-state index in [0.717, 1.165) is 40.0 Å². The van der Waals surface area contributed by atoms with Crippen LogP contribution in [0, 0.1) is 6.92 Å². The molecule has 0 radical (unpaired) electrons. The Kier molecular flexibility index (Phi) is 5.56. The maximum atomic E-state index is 5.54. The third-order valence-corrected chi connectivity index (χ3v) is 4.13. The van der Waals surface area contributed by atoms with Crippen molar-refractivity contribution in [2.45, 2.75) is 20.0 Å². The van der Waals surface area contributed by atoms with Crippen molar-refractivity contribution < 1.29 is 4.74 Å². The monoisotopic (exact) mass is 367 g/mol. The van der Waals surface area contributed by atoms with Gasteiger partial charge in [-0.3, -0.25) is 5.32 Å². The van der Waals surface area contributed by atoms with E-state index < -0.39 is 0 Å². The number of nitrogens with zero attached hydrogens (tertiary/aromatic N) is 3. The first kappa shape index (κ1) is 18.7. The first-order chi connectivity index (χ1) is 13.0. The normalized spacial score (nSPS) is 16.1. The summed E-state index contributed by atoms with van der Waals surface area (Å²) in [7, 11) is 5.38. The number of hydrogen-bond acceptors (Lipinski definition) is 8. The largest absolute Gasteiger partial charge is 0.496 e. The van der Waals surface area contributed by atoms with Crippen LogP contribution in [0.1, 0.15) is 18.2 Å². The molecule has 1 aliphatic heterocycles. The molecule has 1 aromatic carbocycles. The molecule has 1 atom stereocenters. The number of anilines is 3. The summed E-state index contributed by atoms with van der Waals surface area (Å²) in [6.07, 6.45) is 2.04. The Labute approximate surface area is 159 Å². The number of ether oxygens (including phenoxy) is 1. The quantitative estimate of drug-likeness (QED) is 0.623. The number of nitrogens with one attached hydrogen (secondary N) is 4. The first-order valence-electron chi connectivity index (χ1n) is 8.72. The molecule has 0 saturated heterocycles. The summed E-state index contributed by atoms with van der Waals surface area (Å²) in [6.45, 7) is 3.87. The summed E-state index contributed by atoms with van der Waals surface area (Å²) in [4.78, 5) is 13.5. The van der Waals surface area contributed by atoms with Gasteiger partial charge in [0.2, 0.25) is 5.95 Å². The van der Waals surface area contributed by atoms with Gasteiger partial charge in [-0.25, -0.2) is 9.98 Å². The maximum Gasteiger partial charge on any atom is 0.229 e. The highest BCUT2D eigenvalue weighted by atomic mass is 16.5. The average molecular weight is 367 g/mol. The second kappa shape index (κ2) is 8.05. The zero-order valence-electron chi connectivity index (χ0n) is 16.2. The summed E-state index contributed by atoms with van der Waals surface area (Å²) in [5.74, 6) is 2.88. The predicted molar refractivity (Wildman–Crippen MR) is 110 cm³/mol. The standard InChI is InChI=1S/C19H25N7O/c1-11-8-17(20-3)26-19(22-11)25-13-6-7-16(27-5)14(9-13)15-10-18(21-4)24-12(2)23-15/h6-10,18,21H,1-5H3,(H,23,24)(H2,20,22,25,26). The van der Waals surface area contributed by atoms with E-state index in [0.29, 0.717) is 5.95 Å². The van der Waals surface area contributed by atoms with Crippen LogP contribution in [-0.2, 0) is 0 Å². The maximum absolute atomic E-state index is 5.54. The molecular formula is C19H25N7O. The lowest BCUT2D eigenvalue weighted by molar-refractivity contribution is 0.413. The van der Waals surface area contributed by atoms with Gasteiger partial charge in [0.25, 0.3) is 0 Å². The minimum Gasteiger partial charge on any atom is -0.496 e. The lowest BCUT2D eigenvalue weighted by Crippen LogP contribution is -2.43. The highest BCUT2D eigenvalue weighted by Gasteiger charge is 2.16. The molecule has 0 amide bonds. The highest BCUT2D eigenvalue weighted by Crippen LogP contribution is 2.32. The Bertz CT molecular complexity index is 892. The number of rotatable bonds is 6. The van der Waals surface area contributed by atoms with Gasteiger partial charge < -0.3 is 20.7 Å². The minimum atomic E-state index is 0.0112. The molecule has 0 saturated carbocycles. The summed E-state index contributed by atoms with van der Waals surface area (Å²) in [6, 6.07) is 7.72. The molecule has 2 aromatic rings. The summed E-state index contributed by atoms with van der Waals surface area (Å²) in [5.41, 5.74) is 3.47. The van der Waals surface area contributed by atoms with E-state index in [-0.39, 0.29) is 6.17 Å². The van der Waals surface area contributed by atoms with Gasteiger partial charge in [-0.05, 0) is 45.2 Å². The van der Waals surface area contributed by atoms with E-state index in [1.54, 1.807) is 7.11 Å². The zero-order chi connectivity index (χ0) is 19.4. The van der Waals surface area contributed by atoms with Crippen LogP contribution in [0.25, 0.3) is 5.70 Å². The third-order valence-electron chi connectivity index (χ3n) is 4.13. The number of amidine groups is 1. The number of benzene rings is 1. The van der Waals surface area contributed by atoms with Crippen LogP contribution >= 0.6 is 0 Å². The molecular weight excluding hydrogens is 342 g/mol. The zero-order valence-corrected chi connectivity index (χ0v) is 16.2. The number of likely N-dealkylation sites (N-methyl/N-ethyl adjacent to an activating group) is 1. The third kappa shape index (κ3) is 4.35. The number of aliphatic imine (C=N–C) groups is 1. The van der Waals surface area contributed by atoms with Crippen LogP contribution in [0.3, 0.4) is 0 Å². The molecule has 8 nitrogen and oxygen atoms in total. The topological polar surface area (TPSA) is 95.5 Å². The van der Waals surface area contributed by atoms with Crippen LogP contribution in [-0.4, -0.2) is 43.2 Å². The molecule has 0 bridgehead atoms. The second-order valence-electron chi connectivity index (χ2n) is 6.17. The molecule has 8 heteroatoms. The van der Waals surface area contributed by atoms with Gasteiger partial charge in [-0.2, -0.15) is 4.98 Å². The van der Waals surface area contributed by atoms with Crippen LogP contribution in [0.15, 0.2) is 35.3 Å². The lowest BCUT2D eigenvalue weighted by Gasteiger charge is -2.22. The van der Waals surface area contributed by atoms with Gasteiger partial charge in [0.15, 0.2) is 0 Å². The van der Waals surface area contributed by atoms with Crippen molar-refractivity contribution in [3.05, 3.63) is 41.6 Å². The van der Waals surface area contributed by atoms with Crippen molar-refractivity contribution >= 4 is 29.0 Å². The Morgan fingerprint density at radius 1 is 1.11 bits per heavy atom. The van der Waals surface area contributed by atoms with E-state index in [4.69, 9.17) is 4.74 Å².